The zero-order valence-corrected chi connectivity index (χ0v) is 11.0. The predicted octanol–water partition coefficient (Wildman–Crippen LogP) is -0.603. The van der Waals surface area contributed by atoms with Gasteiger partial charge in [-0.05, 0) is 6.42 Å². The van der Waals surface area contributed by atoms with Gasteiger partial charge in [-0.2, -0.15) is 0 Å². The first-order chi connectivity index (χ1) is 9.60. The summed E-state index contributed by atoms with van der Waals surface area (Å²) >= 11 is 0. The Balaban J connectivity index is 2.05. The summed E-state index contributed by atoms with van der Waals surface area (Å²) in [7, 11) is 0. The van der Waals surface area contributed by atoms with Gasteiger partial charge in [0.25, 0.3) is 5.91 Å². The molecule has 1 aliphatic rings. The Labute approximate surface area is 115 Å². The van der Waals surface area contributed by atoms with E-state index < -0.39 is 17.7 Å². The maximum absolute atomic E-state index is 12.1. The second-order valence-electron chi connectivity index (χ2n) is 4.35. The van der Waals surface area contributed by atoms with Gasteiger partial charge in [0.1, 0.15) is 24.6 Å². The number of carbonyl (C=O) groups excluding carboxylic acids is 3. The average molecular weight is 277 g/mol. The van der Waals surface area contributed by atoms with Crippen molar-refractivity contribution in [3.05, 3.63) is 18.1 Å². The molecule has 0 unspecified atom stereocenters. The van der Waals surface area contributed by atoms with Crippen LogP contribution >= 0.6 is 0 Å². The number of piperazine rings is 1. The minimum Gasteiger partial charge on any atom is -0.369 e. The number of nitrogens with zero attached hydrogens (tertiary/aromatic N) is 3. The normalized spacial score (nSPS) is 14.9. The SMILES string of the molecule is CCCNc1cnc(C(=O)N2CC(=O)NC(=O)C2)cn1. The van der Waals surface area contributed by atoms with Crippen LogP contribution in [0.5, 0.6) is 0 Å². The Morgan fingerprint density at radius 2 is 2.00 bits per heavy atom. The molecule has 1 saturated heterocycles. The fourth-order valence-electron chi connectivity index (χ4n) is 1.73. The first-order valence-corrected chi connectivity index (χ1v) is 6.28. The first-order valence-electron chi connectivity index (χ1n) is 6.28. The van der Waals surface area contributed by atoms with E-state index in [4.69, 9.17) is 0 Å². The van der Waals surface area contributed by atoms with Crippen molar-refractivity contribution >= 4 is 23.5 Å². The third-order valence-electron chi connectivity index (χ3n) is 2.66. The summed E-state index contributed by atoms with van der Waals surface area (Å²) < 4.78 is 0. The standard InChI is InChI=1S/C12H15N5O3/c1-2-3-13-9-5-14-8(4-15-9)12(20)17-6-10(18)16-11(19)7-17/h4-5H,2-3,6-7H2,1H3,(H,13,15)(H,16,18,19). The van der Waals surface area contributed by atoms with Gasteiger partial charge < -0.3 is 10.2 Å². The van der Waals surface area contributed by atoms with Gasteiger partial charge in [-0.25, -0.2) is 9.97 Å². The molecule has 1 aromatic heterocycles. The molecule has 0 bridgehead atoms. The van der Waals surface area contributed by atoms with Gasteiger partial charge >= 0.3 is 0 Å². The van der Waals surface area contributed by atoms with Crippen molar-refractivity contribution in [3.63, 3.8) is 0 Å². The molecular formula is C12H15N5O3. The van der Waals surface area contributed by atoms with E-state index in [9.17, 15) is 14.4 Å². The lowest BCUT2D eigenvalue weighted by atomic mass is 10.3. The predicted molar refractivity (Wildman–Crippen MR) is 69.9 cm³/mol. The number of imide groups is 1. The summed E-state index contributed by atoms with van der Waals surface area (Å²) in [6.07, 6.45) is 3.74. The lowest BCUT2D eigenvalue weighted by Gasteiger charge is -2.24. The number of carbonyl (C=O) groups is 3. The molecule has 2 N–H and O–H groups in total. The summed E-state index contributed by atoms with van der Waals surface area (Å²) in [5.41, 5.74) is 0.106. The highest BCUT2D eigenvalue weighted by molar-refractivity contribution is 6.05. The Kier molecular flexibility index (Phi) is 4.24. The number of hydrogen-bond acceptors (Lipinski definition) is 6. The molecule has 2 heterocycles. The number of aromatic nitrogens is 2. The van der Waals surface area contributed by atoms with Gasteiger partial charge in [-0.1, -0.05) is 6.92 Å². The summed E-state index contributed by atoms with van der Waals surface area (Å²) in [5, 5.41) is 5.17. The zero-order chi connectivity index (χ0) is 14.5. The Morgan fingerprint density at radius 1 is 1.30 bits per heavy atom. The minimum atomic E-state index is -0.496. The van der Waals surface area contributed by atoms with Crippen molar-refractivity contribution in [2.45, 2.75) is 13.3 Å². The third-order valence-corrected chi connectivity index (χ3v) is 2.66. The topological polar surface area (TPSA) is 104 Å². The summed E-state index contributed by atoms with van der Waals surface area (Å²) in [6.45, 7) is 2.49. The van der Waals surface area contributed by atoms with Crippen LogP contribution in [0.15, 0.2) is 12.4 Å². The highest BCUT2D eigenvalue weighted by Gasteiger charge is 2.27. The van der Waals surface area contributed by atoms with Crippen molar-refractivity contribution in [2.75, 3.05) is 25.0 Å². The van der Waals surface area contributed by atoms with E-state index in [0.29, 0.717) is 5.82 Å². The van der Waals surface area contributed by atoms with E-state index in [1.807, 2.05) is 6.92 Å². The second-order valence-corrected chi connectivity index (χ2v) is 4.35. The fraction of sp³-hybridized carbons (Fsp3) is 0.417. The molecule has 0 saturated carbocycles. The highest BCUT2D eigenvalue weighted by atomic mass is 16.2. The molecule has 0 spiro atoms. The van der Waals surface area contributed by atoms with Crippen LogP contribution < -0.4 is 10.6 Å². The Hall–Kier alpha value is -2.51. The van der Waals surface area contributed by atoms with Crippen LogP contribution in [0.4, 0.5) is 5.82 Å². The Morgan fingerprint density at radius 3 is 2.55 bits per heavy atom. The van der Waals surface area contributed by atoms with E-state index >= 15 is 0 Å². The van der Waals surface area contributed by atoms with E-state index in [0.717, 1.165) is 17.9 Å². The van der Waals surface area contributed by atoms with Gasteiger partial charge in [-0.15, -0.1) is 0 Å². The molecule has 1 fully saturated rings. The molecule has 8 nitrogen and oxygen atoms in total. The van der Waals surface area contributed by atoms with Crippen molar-refractivity contribution < 1.29 is 14.4 Å². The van der Waals surface area contributed by atoms with Gasteiger partial charge in [0, 0.05) is 6.54 Å². The van der Waals surface area contributed by atoms with Crippen molar-refractivity contribution in [1.29, 1.82) is 0 Å². The molecule has 106 valence electrons. The van der Waals surface area contributed by atoms with Crippen LogP contribution in [0, 0.1) is 0 Å². The van der Waals surface area contributed by atoms with Crippen LogP contribution in [0.1, 0.15) is 23.8 Å². The number of nitrogens with one attached hydrogen (secondary N) is 2. The fourth-order valence-corrected chi connectivity index (χ4v) is 1.73. The van der Waals surface area contributed by atoms with E-state index in [1.54, 1.807) is 0 Å². The lowest BCUT2D eigenvalue weighted by Crippen LogP contribution is -2.53. The number of rotatable bonds is 4. The smallest absolute Gasteiger partial charge is 0.274 e. The lowest BCUT2D eigenvalue weighted by molar-refractivity contribution is -0.135. The van der Waals surface area contributed by atoms with Crippen molar-refractivity contribution in [3.8, 4) is 0 Å². The molecule has 0 aliphatic carbocycles. The molecule has 1 aliphatic heterocycles. The van der Waals surface area contributed by atoms with Gasteiger partial charge in [0.05, 0.1) is 12.4 Å². The number of anilines is 1. The molecule has 3 amide bonds. The maximum atomic E-state index is 12.1. The van der Waals surface area contributed by atoms with E-state index in [-0.39, 0.29) is 18.8 Å². The maximum Gasteiger partial charge on any atom is 0.274 e. The third kappa shape index (κ3) is 3.28. The Bertz CT molecular complexity index is 512. The van der Waals surface area contributed by atoms with Gasteiger partial charge in [-0.3, -0.25) is 19.7 Å². The first kappa shape index (κ1) is 13.9. The van der Waals surface area contributed by atoms with Crippen LogP contribution in [-0.2, 0) is 9.59 Å². The monoisotopic (exact) mass is 277 g/mol. The number of amides is 3. The molecule has 2 rings (SSSR count). The molecular weight excluding hydrogens is 262 g/mol. The van der Waals surface area contributed by atoms with Crippen LogP contribution in [0.25, 0.3) is 0 Å². The van der Waals surface area contributed by atoms with E-state index in [1.165, 1.54) is 12.4 Å². The summed E-state index contributed by atoms with van der Waals surface area (Å²) in [4.78, 5) is 43.7. The van der Waals surface area contributed by atoms with Crippen LogP contribution in [0.3, 0.4) is 0 Å². The quantitative estimate of drug-likeness (QED) is 0.712. The summed E-state index contributed by atoms with van der Waals surface area (Å²) in [6, 6.07) is 0. The van der Waals surface area contributed by atoms with E-state index in [2.05, 4.69) is 20.6 Å². The summed E-state index contributed by atoms with van der Waals surface area (Å²) in [5.74, 6) is -0.897. The minimum absolute atomic E-state index is 0.106. The molecule has 0 aromatic carbocycles. The van der Waals surface area contributed by atoms with Gasteiger partial charge in [0.15, 0.2) is 0 Å². The molecule has 0 radical (unpaired) electrons. The number of hydrogen-bond donors (Lipinski definition) is 2. The van der Waals surface area contributed by atoms with Crippen molar-refractivity contribution in [1.82, 2.24) is 20.2 Å². The molecule has 0 atom stereocenters. The van der Waals surface area contributed by atoms with Crippen LogP contribution in [0.2, 0.25) is 0 Å². The molecule has 8 heteroatoms. The average Bonchev–Trinajstić information content (AvgIpc) is 2.44. The largest absolute Gasteiger partial charge is 0.369 e. The zero-order valence-electron chi connectivity index (χ0n) is 11.0. The van der Waals surface area contributed by atoms with Crippen molar-refractivity contribution in [2.24, 2.45) is 0 Å². The highest BCUT2D eigenvalue weighted by Crippen LogP contribution is 2.06. The second kappa shape index (κ2) is 6.09. The van der Waals surface area contributed by atoms with Gasteiger partial charge in [0.2, 0.25) is 11.8 Å². The molecule has 1 aromatic rings. The van der Waals surface area contributed by atoms with Crippen LogP contribution in [-0.4, -0.2) is 52.2 Å². The molecule has 20 heavy (non-hydrogen) atoms.